The van der Waals surface area contributed by atoms with Gasteiger partial charge in [0, 0.05) is 49.5 Å². The van der Waals surface area contributed by atoms with Crippen molar-refractivity contribution in [2.24, 2.45) is 12.5 Å². The molecule has 1 atom stereocenters. The molecule has 3 aromatic rings. The first kappa shape index (κ1) is 24.5. The van der Waals surface area contributed by atoms with E-state index in [1.807, 2.05) is 13.1 Å². The average Bonchev–Trinajstić information content (AvgIpc) is 3.38. The third kappa shape index (κ3) is 4.29. The molecule has 1 fully saturated rings. The minimum atomic E-state index is -0.323. The van der Waals surface area contributed by atoms with Gasteiger partial charge in [-0.1, -0.05) is 6.07 Å². The lowest BCUT2D eigenvalue weighted by atomic mass is 9.69. The van der Waals surface area contributed by atoms with Crippen LogP contribution in [0.25, 0.3) is 11.0 Å². The van der Waals surface area contributed by atoms with Crippen molar-refractivity contribution in [1.29, 1.82) is 0 Å². The molecule has 0 saturated carbocycles. The monoisotopic (exact) mass is 466 g/mol. The number of H-pyrrole nitrogens is 1. The summed E-state index contributed by atoms with van der Waals surface area (Å²) >= 11 is 0. The Labute approximate surface area is 201 Å². The second-order valence-electron chi connectivity index (χ2n) is 10.7. The molecule has 1 aliphatic heterocycles. The lowest BCUT2D eigenvalue weighted by Crippen LogP contribution is -2.50. The summed E-state index contributed by atoms with van der Waals surface area (Å²) < 4.78 is 7.91. The topological polar surface area (TPSA) is 88.9 Å². The van der Waals surface area contributed by atoms with Crippen LogP contribution in [0.5, 0.6) is 0 Å². The highest BCUT2D eigenvalue weighted by atomic mass is 16.5. The van der Waals surface area contributed by atoms with E-state index in [9.17, 15) is 4.79 Å². The lowest BCUT2D eigenvalue weighted by Gasteiger charge is -2.46. The van der Waals surface area contributed by atoms with Crippen LogP contribution in [0, 0.1) is 12.3 Å². The first-order valence-corrected chi connectivity index (χ1v) is 12.2. The number of hydrogen-bond donors (Lipinski definition) is 1. The smallest absolute Gasteiger partial charge is 0.277 e. The molecule has 3 aromatic heterocycles. The summed E-state index contributed by atoms with van der Waals surface area (Å²) in [5.74, 6) is 0.706. The van der Waals surface area contributed by atoms with E-state index < -0.39 is 0 Å². The van der Waals surface area contributed by atoms with Gasteiger partial charge >= 0.3 is 0 Å². The number of fused-ring (bicyclic) bond motifs is 1. The van der Waals surface area contributed by atoms with E-state index in [4.69, 9.17) is 9.72 Å². The molecule has 0 unspecified atom stereocenters. The molecular formula is C26H38N6O2. The van der Waals surface area contributed by atoms with Crippen LogP contribution < -0.4 is 5.56 Å². The molecule has 1 saturated heterocycles. The quantitative estimate of drug-likeness (QED) is 0.544. The number of rotatable bonds is 8. The first-order chi connectivity index (χ1) is 16.0. The van der Waals surface area contributed by atoms with Gasteiger partial charge in [0.2, 0.25) is 0 Å². The molecule has 0 bridgehead atoms. The fourth-order valence-electron chi connectivity index (χ4n) is 5.48. The van der Waals surface area contributed by atoms with E-state index in [1.54, 1.807) is 17.9 Å². The van der Waals surface area contributed by atoms with Crippen LogP contribution in [-0.4, -0.2) is 54.9 Å². The summed E-state index contributed by atoms with van der Waals surface area (Å²) in [6.07, 6.45) is 6.22. The van der Waals surface area contributed by atoms with Gasteiger partial charge in [0.25, 0.3) is 5.56 Å². The summed E-state index contributed by atoms with van der Waals surface area (Å²) in [6.45, 7) is 15.6. The zero-order chi connectivity index (χ0) is 24.7. The third-order valence-corrected chi connectivity index (χ3v) is 8.03. The number of likely N-dealkylation sites (tertiary alicyclic amines) is 1. The number of aromatic nitrogens is 5. The van der Waals surface area contributed by atoms with Crippen LogP contribution in [0.4, 0.5) is 0 Å². The van der Waals surface area contributed by atoms with Crippen molar-refractivity contribution in [3.05, 3.63) is 52.0 Å². The van der Waals surface area contributed by atoms with E-state index in [0.717, 1.165) is 31.6 Å². The van der Waals surface area contributed by atoms with Crippen molar-refractivity contribution < 1.29 is 4.74 Å². The SMILES string of the molecule is CCOC(C)(C)[C@@]1(CCc2nc3cnn(C)c3c(=O)[nH]2)CCN(C(C)(C)c2ccc(C)nc2)C1. The van der Waals surface area contributed by atoms with Crippen molar-refractivity contribution >= 4 is 11.0 Å². The van der Waals surface area contributed by atoms with Crippen LogP contribution in [0.3, 0.4) is 0 Å². The van der Waals surface area contributed by atoms with Crippen LogP contribution >= 0.6 is 0 Å². The van der Waals surface area contributed by atoms with Crippen LogP contribution in [-0.2, 0) is 23.7 Å². The summed E-state index contributed by atoms with van der Waals surface area (Å²) in [7, 11) is 1.76. The highest BCUT2D eigenvalue weighted by Crippen LogP contribution is 2.49. The van der Waals surface area contributed by atoms with Crippen molar-refractivity contribution in [2.75, 3.05) is 19.7 Å². The first-order valence-electron chi connectivity index (χ1n) is 12.2. The third-order valence-electron chi connectivity index (χ3n) is 8.03. The molecule has 1 N–H and O–H groups in total. The highest BCUT2D eigenvalue weighted by molar-refractivity contribution is 5.72. The van der Waals surface area contributed by atoms with Crippen LogP contribution in [0.2, 0.25) is 0 Å². The van der Waals surface area contributed by atoms with Gasteiger partial charge in [0.05, 0.1) is 11.8 Å². The second-order valence-corrected chi connectivity index (χ2v) is 10.7. The standard InChI is InChI=1S/C26H38N6O2/c1-8-34-25(5,6)26(12-11-21-29-20-16-28-31(7)22(20)23(33)30-21)13-14-32(17-26)24(3,4)19-10-9-18(2)27-15-19/h9-10,15-16H,8,11-14,17H2,1-7H3,(H,29,30,33)/t26-/m0/s1. The molecule has 1 aliphatic rings. The van der Waals surface area contributed by atoms with Crippen LogP contribution in [0.1, 0.15) is 64.5 Å². The molecule has 0 radical (unpaired) electrons. The maximum Gasteiger partial charge on any atom is 0.277 e. The van der Waals surface area contributed by atoms with Gasteiger partial charge in [-0.25, -0.2) is 4.98 Å². The Morgan fingerprint density at radius 2 is 1.97 bits per heavy atom. The highest BCUT2D eigenvalue weighted by Gasteiger charge is 2.52. The minimum absolute atomic E-state index is 0.0825. The zero-order valence-corrected chi connectivity index (χ0v) is 21.6. The number of aryl methyl sites for hydroxylation is 3. The average molecular weight is 467 g/mol. The summed E-state index contributed by atoms with van der Waals surface area (Å²) in [5, 5.41) is 4.19. The maximum absolute atomic E-state index is 12.6. The van der Waals surface area contributed by atoms with Crippen molar-refractivity contribution in [1.82, 2.24) is 29.6 Å². The van der Waals surface area contributed by atoms with Crippen molar-refractivity contribution in [3.63, 3.8) is 0 Å². The molecule has 0 aromatic carbocycles. The van der Waals surface area contributed by atoms with Gasteiger partial charge in [-0.05, 0) is 72.6 Å². The number of nitrogens with zero attached hydrogens (tertiary/aromatic N) is 5. The number of pyridine rings is 1. The Morgan fingerprint density at radius 1 is 1.21 bits per heavy atom. The fourth-order valence-corrected chi connectivity index (χ4v) is 5.48. The molecule has 0 amide bonds. The number of nitrogens with one attached hydrogen (secondary N) is 1. The second kappa shape index (κ2) is 8.89. The van der Waals surface area contributed by atoms with E-state index in [2.05, 4.69) is 66.7 Å². The fraction of sp³-hybridized carbons (Fsp3) is 0.615. The number of aromatic amines is 1. The summed E-state index contributed by atoms with van der Waals surface area (Å²) in [6, 6.07) is 4.27. The van der Waals surface area contributed by atoms with Crippen LogP contribution in [0.15, 0.2) is 29.3 Å². The van der Waals surface area contributed by atoms with E-state index in [-0.39, 0.29) is 22.1 Å². The molecule has 8 heteroatoms. The normalized spacial score (nSPS) is 19.9. The predicted molar refractivity (Wildman–Crippen MR) is 134 cm³/mol. The van der Waals surface area contributed by atoms with Gasteiger partial charge < -0.3 is 9.72 Å². The Balaban J connectivity index is 1.61. The zero-order valence-electron chi connectivity index (χ0n) is 21.6. The Hall–Kier alpha value is -2.58. The lowest BCUT2D eigenvalue weighted by molar-refractivity contribution is -0.109. The predicted octanol–water partition coefficient (Wildman–Crippen LogP) is 3.74. The molecule has 0 aliphatic carbocycles. The maximum atomic E-state index is 12.6. The van der Waals surface area contributed by atoms with Crippen molar-refractivity contribution in [2.45, 2.75) is 71.9 Å². The number of hydrogen-bond acceptors (Lipinski definition) is 6. The minimum Gasteiger partial charge on any atom is -0.375 e. The summed E-state index contributed by atoms with van der Waals surface area (Å²) in [5.41, 5.74) is 2.70. The number of ether oxygens (including phenoxy) is 1. The molecule has 184 valence electrons. The Bertz CT molecular complexity index is 1210. The molecule has 34 heavy (non-hydrogen) atoms. The van der Waals surface area contributed by atoms with E-state index in [1.165, 1.54) is 5.56 Å². The van der Waals surface area contributed by atoms with E-state index >= 15 is 0 Å². The van der Waals surface area contributed by atoms with Gasteiger partial charge in [-0.3, -0.25) is 19.4 Å². The van der Waals surface area contributed by atoms with Gasteiger partial charge in [-0.15, -0.1) is 0 Å². The molecule has 8 nitrogen and oxygen atoms in total. The molecule has 4 heterocycles. The van der Waals surface area contributed by atoms with Gasteiger partial charge in [-0.2, -0.15) is 5.10 Å². The Kier molecular flexibility index (Phi) is 6.42. The largest absolute Gasteiger partial charge is 0.375 e. The molecular weight excluding hydrogens is 428 g/mol. The Morgan fingerprint density at radius 3 is 2.65 bits per heavy atom. The molecule has 4 rings (SSSR count). The van der Waals surface area contributed by atoms with Crippen molar-refractivity contribution in [3.8, 4) is 0 Å². The van der Waals surface area contributed by atoms with Gasteiger partial charge in [0.15, 0.2) is 5.52 Å². The summed E-state index contributed by atoms with van der Waals surface area (Å²) in [4.78, 5) is 27.4. The van der Waals surface area contributed by atoms with E-state index in [0.29, 0.717) is 29.9 Å². The molecule has 0 spiro atoms. The van der Waals surface area contributed by atoms with Gasteiger partial charge in [0.1, 0.15) is 11.3 Å².